The molecule has 0 aromatic carbocycles. The zero-order valence-corrected chi connectivity index (χ0v) is 7.63. The molecule has 0 aliphatic rings. The molecule has 0 amide bonds. The van der Waals surface area contributed by atoms with E-state index < -0.39 is 0 Å². The monoisotopic (exact) mass is 153 g/mol. The molecule has 3 nitrogen and oxygen atoms in total. The lowest BCUT2D eigenvalue weighted by Crippen LogP contribution is -2.13. The molecule has 1 rings (SSSR count). The van der Waals surface area contributed by atoms with Crippen LogP contribution in [0.2, 0.25) is 0 Å². The van der Waals surface area contributed by atoms with E-state index in [0.29, 0.717) is 0 Å². The molecule has 0 saturated heterocycles. The molecule has 0 atom stereocenters. The van der Waals surface area contributed by atoms with Crippen molar-refractivity contribution in [2.45, 2.75) is 13.3 Å². The van der Waals surface area contributed by atoms with Gasteiger partial charge in [0.25, 0.3) is 0 Å². The third-order valence-electron chi connectivity index (χ3n) is 1.66. The van der Waals surface area contributed by atoms with Crippen LogP contribution >= 0.6 is 0 Å². The average Bonchev–Trinajstić information content (AvgIpc) is 2.30. The van der Waals surface area contributed by atoms with Crippen LogP contribution in [0.3, 0.4) is 0 Å². The Bertz CT molecular complexity index is 237. The maximum absolute atomic E-state index is 4.42. The van der Waals surface area contributed by atoms with E-state index in [1.165, 1.54) is 0 Å². The molecule has 0 N–H and O–H groups in total. The van der Waals surface area contributed by atoms with Gasteiger partial charge in [-0.25, -0.2) is 4.98 Å². The minimum Gasteiger partial charge on any atom is -0.348 e. The number of imidazole rings is 1. The Balaban J connectivity index is 2.97. The molecule has 0 saturated carbocycles. The van der Waals surface area contributed by atoms with Crippen molar-refractivity contribution >= 4 is 5.95 Å². The minimum atomic E-state index is 1.00. The van der Waals surface area contributed by atoms with Crippen LogP contribution in [-0.4, -0.2) is 23.6 Å². The summed E-state index contributed by atoms with van der Waals surface area (Å²) in [4.78, 5) is 6.43. The molecule has 0 aliphatic carbocycles. The predicted molar refractivity (Wildman–Crippen MR) is 46.9 cm³/mol. The van der Waals surface area contributed by atoms with E-state index >= 15 is 0 Å². The van der Waals surface area contributed by atoms with Gasteiger partial charge in [-0.1, -0.05) is 6.92 Å². The molecule has 1 heterocycles. The van der Waals surface area contributed by atoms with Gasteiger partial charge in [0.05, 0.1) is 5.69 Å². The number of anilines is 1. The number of aryl methyl sites for hydroxylation is 2. The summed E-state index contributed by atoms with van der Waals surface area (Å²) in [6.45, 7) is 2.11. The van der Waals surface area contributed by atoms with E-state index in [0.717, 1.165) is 18.1 Å². The highest BCUT2D eigenvalue weighted by atomic mass is 15.3. The summed E-state index contributed by atoms with van der Waals surface area (Å²) in [7, 11) is 6.02. The van der Waals surface area contributed by atoms with Gasteiger partial charge in [-0.3, -0.25) is 0 Å². The first-order valence-corrected chi connectivity index (χ1v) is 3.84. The maximum Gasteiger partial charge on any atom is 0.204 e. The SMILES string of the molecule is CCc1cn(C)c(N(C)C)n1. The van der Waals surface area contributed by atoms with Crippen LogP contribution in [0.15, 0.2) is 6.20 Å². The van der Waals surface area contributed by atoms with E-state index in [2.05, 4.69) is 18.1 Å². The highest BCUT2D eigenvalue weighted by molar-refractivity contribution is 5.30. The summed E-state index contributed by atoms with van der Waals surface area (Å²) in [5, 5.41) is 0. The van der Waals surface area contributed by atoms with Crippen molar-refractivity contribution in [3.8, 4) is 0 Å². The zero-order valence-electron chi connectivity index (χ0n) is 7.63. The average molecular weight is 153 g/mol. The molecule has 0 radical (unpaired) electrons. The van der Waals surface area contributed by atoms with E-state index in [1.54, 1.807) is 0 Å². The Morgan fingerprint density at radius 1 is 1.55 bits per heavy atom. The summed E-state index contributed by atoms with van der Waals surface area (Å²) in [6.07, 6.45) is 3.07. The topological polar surface area (TPSA) is 21.1 Å². The van der Waals surface area contributed by atoms with Crippen LogP contribution < -0.4 is 4.90 Å². The van der Waals surface area contributed by atoms with Gasteiger partial charge in [0.15, 0.2) is 0 Å². The van der Waals surface area contributed by atoms with Crippen LogP contribution in [-0.2, 0) is 13.5 Å². The van der Waals surface area contributed by atoms with Crippen molar-refractivity contribution in [1.82, 2.24) is 9.55 Å². The molecular weight excluding hydrogens is 138 g/mol. The highest BCUT2D eigenvalue weighted by Crippen LogP contribution is 2.09. The third-order valence-corrected chi connectivity index (χ3v) is 1.66. The van der Waals surface area contributed by atoms with Crippen LogP contribution in [0.5, 0.6) is 0 Å². The summed E-state index contributed by atoms with van der Waals surface area (Å²) in [5.41, 5.74) is 1.15. The summed E-state index contributed by atoms with van der Waals surface area (Å²) < 4.78 is 2.04. The summed E-state index contributed by atoms with van der Waals surface area (Å²) in [5.74, 6) is 1.02. The second kappa shape index (κ2) is 2.95. The van der Waals surface area contributed by atoms with Crippen molar-refractivity contribution in [2.24, 2.45) is 7.05 Å². The number of aromatic nitrogens is 2. The molecule has 0 bridgehead atoms. The lowest BCUT2D eigenvalue weighted by Gasteiger charge is -2.09. The first kappa shape index (κ1) is 8.11. The van der Waals surface area contributed by atoms with Gasteiger partial charge in [0.2, 0.25) is 5.95 Å². The van der Waals surface area contributed by atoms with E-state index in [-0.39, 0.29) is 0 Å². The second-order valence-electron chi connectivity index (χ2n) is 2.89. The minimum absolute atomic E-state index is 1.00. The van der Waals surface area contributed by atoms with Crippen LogP contribution in [0.1, 0.15) is 12.6 Å². The molecule has 3 heteroatoms. The molecular formula is C8H15N3. The Morgan fingerprint density at radius 2 is 2.18 bits per heavy atom. The molecule has 0 unspecified atom stereocenters. The van der Waals surface area contributed by atoms with Crippen molar-refractivity contribution < 1.29 is 0 Å². The molecule has 62 valence electrons. The van der Waals surface area contributed by atoms with Gasteiger partial charge in [-0.2, -0.15) is 0 Å². The highest BCUT2D eigenvalue weighted by Gasteiger charge is 2.03. The molecule has 11 heavy (non-hydrogen) atoms. The van der Waals surface area contributed by atoms with Crippen molar-refractivity contribution in [3.05, 3.63) is 11.9 Å². The Morgan fingerprint density at radius 3 is 2.45 bits per heavy atom. The van der Waals surface area contributed by atoms with E-state index in [1.807, 2.05) is 30.6 Å². The number of nitrogens with zero attached hydrogens (tertiary/aromatic N) is 3. The third kappa shape index (κ3) is 1.53. The normalized spacial score (nSPS) is 10.2. The van der Waals surface area contributed by atoms with Gasteiger partial charge in [-0.15, -0.1) is 0 Å². The Labute approximate surface area is 67.7 Å². The number of rotatable bonds is 2. The largest absolute Gasteiger partial charge is 0.348 e. The number of hydrogen-bond acceptors (Lipinski definition) is 2. The van der Waals surface area contributed by atoms with E-state index in [9.17, 15) is 0 Å². The first-order chi connectivity index (χ1) is 5.15. The predicted octanol–water partition coefficient (Wildman–Crippen LogP) is 1.05. The fourth-order valence-corrected chi connectivity index (χ4v) is 1.10. The quantitative estimate of drug-likeness (QED) is 0.633. The summed E-state index contributed by atoms with van der Waals surface area (Å²) >= 11 is 0. The van der Waals surface area contributed by atoms with Crippen LogP contribution in [0, 0.1) is 0 Å². The fraction of sp³-hybridized carbons (Fsp3) is 0.625. The molecule has 0 fully saturated rings. The van der Waals surface area contributed by atoms with Gasteiger partial charge in [-0.05, 0) is 6.42 Å². The second-order valence-corrected chi connectivity index (χ2v) is 2.89. The maximum atomic E-state index is 4.42. The van der Waals surface area contributed by atoms with Gasteiger partial charge < -0.3 is 9.47 Å². The van der Waals surface area contributed by atoms with Crippen LogP contribution in [0.4, 0.5) is 5.95 Å². The summed E-state index contributed by atoms with van der Waals surface area (Å²) in [6, 6.07) is 0. The van der Waals surface area contributed by atoms with Gasteiger partial charge in [0.1, 0.15) is 0 Å². The standard InChI is InChI=1S/C8H15N3/c1-5-7-6-11(4)8(9-7)10(2)3/h6H,5H2,1-4H3. The van der Waals surface area contributed by atoms with Gasteiger partial charge >= 0.3 is 0 Å². The molecule has 1 aromatic heterocycles. The fourth-order valence-electron chi connectivity index (χ4n) is 1.10. The Kier molecular flexibility index (Phi) is 2.17. The zero-order chi connectivity index (χ0) is 8.43. The molecule has 1 aromatic rings. The van der Waals surface area contributed by atoms with Crippen molar-refractivity contribution in [2.75, 3.05) is 19.0 Å². The van der Waals surface area contributed by atoms with Gasteiger partial charge in [0, 0.05) is 27.3 Å². The molecule has 0 spiro atoms. The van der Waals surface area contributed by atoms with E-state index in [4.69, 9.17) is 0 Å². The lowest BCUT2D eigenvalue weighted by molar-refractivity contribution is 0.867. The number of hydrogen-bond donors (Lipinski definition) is 0. The smallest absolute Gasteiger partial charge is 0.204 e. The lowest BCUT2D eigenvalue weighted by atomic mass is 10.4. The van der Waals surface area contributed by atoms with Crippen molar-refractivity contribution in [1.29, 1.82) is 0 Å². The molecule has 0 aliphatic heterocycles. The Hall–Kier alpha value is -0.990. The van der Waals surface area contributed by atoms with Crippen LogP contribution in [0.25, 0.3) is 0 Å². The first-order valence-electron chi connectivity index (χ1n) is 3.84. The van der Waals surface area contributed by atoms with Crippen molar-refractivity contribution in [3.63, 3.8) is 0 Å².